The van der Waals surface area contributed by atoms with Crippen molar-refractivity contribution in [2.75, 3.05) is 18.0 Å². The number of hydrogen-bond acceptors (Lipinski definition) is 4. The highest BCUT2D eigenvalue weighted by atomic mass is 16.2. The molecule has 0 radical (unpaired) electrons. The second-order valence-corrected chi connectivity index (χ2v) is 6.38. The summed E-state index contributed by atoms with van der Waals surface area (Å²) in [5.41, 5.74) is 1.51. The highest BCUT2D eigenvalue weighted by Gasteiger charge is 2.27. The highest BCUT2D eigenvalue weighted by molar-refractivity contribution is 5.92. The summed E-state index contributed by atoms with van der Waals surface area (Å²) in [4.78, 5) is 26.0. The first-order valence-corrected chi connectivity index (χ1v) is 9.21. The summed E-state index contributed by atoms with van der Waals surface area (Å²) in [7, 11) is 0. The topological polar surface area (TPSA) is 49.3 Å². The molecule has 3 rings (SSSR count). The predicted octanol–water partition coefficient (Wildman–Crippen LogP) is 4.04. The van der Waals surface area contributed by atoms with Crippen LogP contribution in [0.2, 0.25) is 0 Å². The fourth-order valence-electron chi connectivity index (χ4n) is 3.48. The van der Waals surface area contributed by atoms with E-state index in [-0.39, 0.29) is 5.91 Å². The minimum absolute atomic E-state index is 0.0271. The fourth-order valence-corrected chi connectivity index (χ4v) is 3.48. The van der Waals surface area contributed by atoms with Gasteiger partial charge in [0.2, 0.25) is 5.95 Å². The van der Waals surface area contributed by atoms with Crippen LogP contribution in [0.1, 0.15) is 50.0 Å². The molecular formula is C20H26N4O. The maximum absolute atomic E-state index is 13.0. The van der Waals surface area contributed by atoms with Crippen LogP contribution in [0.3, 0.4) is 0 Å². The summed E-state index contributed by atoms with van der Waals surface area (Å²) in [6, 6.07) is 12.1. The third-order valence-electron chi connectivity index (χ3n) is 4.85. The summed E-state index contributed by atoms with van der Waals surface area (Å²) >= 11 is 0. The Morgan fingerprint density at radius 1 is 1.20 bits per heavy atom. The Hall–Kier alpha value is -2.43. The Labute approximate surface area is 149 Å². The number of rotatable bonds is 5. The van der Waals surface area contributed by atoms with E-state index >= 15 is 0 Å². The van der Waals surface area contributed by atoms with Crippen LogP contribution in [-0.4, -0.2) is 39.9 Å². The molecule has 1 aromatic carbocycles. The van der Waals surface area contributed by atoms with Crippen molar-refractivity contribution in [1.29, 1.82) is 0 Å². The molecule has 0 bridgehead atoms. The Morgan fingerprint density at radius 2 is 2.00 bits per heavy atom. The first-order chi connectivity index (χ1) is 12.2. The number of amides is 1. The third kappa shape index (κ3) is 3.81. The Morgan fingerprint density at radius 3 is 2.72 bits per heavy atom. The predicted molar refractivity (Wildman–Crippen MR) is 100 cm³/mol. The molecule has 1 aliphatic rings. The summed E-state index contributed by atoms with van der Waals surface area (Å²) < 4.78 is 0. The molecule has 0 N–H and O–H groups in total. The zero-order chi connectivity index (χ0) is 17.6. The lowest BCUT2D eigenvalue weighted by Gasteiger charge is -2.35. The van der Waals surface area contributed by atoms with Gasteiger partial charge in [0, 0.05) is 31.0 Å². The number of anilines is 2. The number of hydrogen-bond donors (Lipinski definition) is 0. The van der Waals surface area contributed by atoms with Crippen LogP contribution in [0.5, 0.6) is 0 Å². The second kappa shape index (κ2) is 8.10. The number of nitrogens with zero attached hydrogens (tertiary/aromatic N) is 4. The van der Waals surface area contributed by atoms with Gasteiger partial charge >= 0.3 is 0 Å². The Bertz CT molecular complexity index is 704. The number of para-hydroxylation sites is 1. The van der Waals surface area contributed by atoms with Crippen LogP contribution in [0, 0.1) is 0 Å². The zero-order valence-corrected chi connectivity index (χ0v) is 15.1. The highest BCUT2D eigenvalue weighted by Crippen LogP contribution is 2.24. The molecule has 2 aromatic rings. The van der Waals surface area contributed by atoms with E-state index < -0.39 is 0 Å². The lowest BCUT2D eigenvalue weighted by molar-refractivity contribution is 0.0602. The molecule has 1 amide bonds. The zero-order valence-electron chi connectivity index (χ0n) is 15.1. The molecule has 25 heavy (non-hydrogen) atoms. The normalized spacial score (nSPS) is 17.4. The molecular weight excluding hydrogens is 312 g/mol. The molecule has 2 heterocycles. The monoisotopic (exact) mass is 338 g/mol. The minimum Gasteiger partial charge on any atom is -0.334 e. The number of piperidine rings is 1. The van der Waals surface area contributed by atoms with Crippen LogP contribution in [0.25, 0.3) is 0 Å². The maximum atomic E-state index is 13.0. The Balaban J connectivity index is 1.86. The van der Waals surface area contributed by atoms with Gasteiger partial charge in [0.1, 0.15) is 5.69 Å². The van der Waals surface area contributed by atoms with E-state index in [1.54, 1.807) is 12.3 Å². The van der Waals surface area contributed by atoms with E-state index in [1.807, 2.05) is 40.1 Å². The van der Waals surface area contributed by atoms with E-state index in [9.17, 15) is 4.79 Å². The van der Waals surface area contributed by atoms with E-state index in [4.69, 9.17) is 0 Å². The summed E-state index contributed by atoms with van der Waals surface area (Å²) in [5.74, 6) is 0.601. The lowest BCUT2D eigenvalue weighted by atomic mass is 9.99. The van der Waals surface area contributed by atoms with Gasteiger partial charge in [-0.05, 0) is 50.8 Å². The third-order valence-corrected chi connectivity index (χ3v) is 4.85. The van der Waals surface area contributed by atoms with Crippen LogP contribution in [-0.2, 0) is 0 Å². The van der Waals surface area contributed by atoms with E-state index in [1.165, 1.54) is 6.42 Å². The molecule has 5 nitrogen and oxygen atoms in total. The maximum Gasteiger partial charge on any atom is 0.272 e. The number of carbonyl (C=O) groups is 1. The van der Waals surface area contributed by atoms with Gasteiger partial charge in [-0.25, -0.2) is 9.97 Å². The van der Waals surface area contributed by atoms with Crippen molar-refractivity contribution in [2.24, 2.45) is 0 Å². The average molecular weight is 338 g/mol. The van der Waals surface area contributed by atoms with Gasteiger partial charge in [0.05, 0.1) is 0 Å². The molecule has 0 saturated carbocycles. The standard InChI is InChI=1S/C20H26N4O/c1-3-16-10-8-9-15-24(16)19(25)18-13-14-21-20(22-18)23(4-2)17-11-6-5-7-12-17/h5-7,11-14,16H,3-4,8-10,15H2,1-2H3. The molecule has 1 unspecified atom stereocenters. The van der Waals surface area contributed by atoms with Gasteiger partial charge < -0.3 is 9.80 Å². The van der Waals surface area contributed by atoms with Crippen molar-refractivity contribution < 1.29 is 4.79 Å². The first kappa shape index (κ1) is 17.4. The van der Waals surface area contributed by atoms with Gasteiger partial charge in [-0.15, -0.1) is 0 Å². The Kier molecular flexibility index (Phi) is 5.64. The van der Waals surface area contributed by atoms with Crippen molar-refractivity contribution in [3.8, 4) is 0 Å². The van der Waals surface area contributed by atoms with Crippen LogP contribution in [0.4, 0.5) is 11.6 Å². The average Bonchev–Trinajstić information content (AvgIpc) is 2.69. The van der Waals surface area contributed by atoms with Gasteiger partial charge in [0.25, 0.3) is 5.91 Å². The van der Waals surface area contributed by atoms with Gasteiger partial charge in [-0.3, -0.25) is 4.79 Å². The van der Waals surface area contributed by atoms with Crippen molar-refractivity contribution in [3.63, 3.8) is 0 Å². The molecule has 1 aromatic heterocycles. The minimum atomic E-state index is 0.0271. The summed E-state index contributed by atoms with van der Waals surface area (Å²) in [5, 5.41) is 0. The number of carbonyl (C=O) groups excluding carboxylic acids is 1. The quantitative estimate of drug-likeness (QED) is 0.825. The lowest BCUT2D eigenvalue weighted by Crippen LogP contribution is -2.43. The molecule has 5 heteroatoms. The van der Waals surface area contributed by atoms with Crippen molar-refractivity contribution >= 4 is 17.5 Å². The van der Waals surface area contributed by atoms with E-state index in [2.05, 4.69) is 23.8 Å². The molecule has 1 atom stereocenters. The molecule has 1 fully saturated rings. The second-order valence-electron chi connectivity index (χ2n) is 6.38. The SMILES string of the molecule is CCC1CCCCN1C(=O)c1ccnc(N(CC)c2ccccc2)n1. The van der Waals surface area contributed by atoms with Crippen LogP contribution in [0.15, 0.2) is 42.6 Å². The van der Waals surface area contributed by atoms with E-state index in [0.717, 1.165) is 38.0 Å². The largest absolute Gasteiger partial charge is 0.334 e. The summed E-state index contributed by atoms with van der Waals surface area (Å²) in [6.45, 7) is 5.77. The molecule has 1 saturated heterocycles. The van der Waals surface area contributed by atoms with Crippen molar-refractivity contribution in [2.45, 2.75) is 45.6 Å². The number of aromatic nitrogens is 2. The van der Waals surface area contributed by atoms with Gasteiger partial charge in [-0.1, -0.05) is 25.1 Å². The first-order valence-electron chi connectivity index (χ1n) is 9.21. The van der Waals surface area contributed by atoms with Gasteiger partial charge in [-0.2, -0.15) is 0 Å². The van der Waals surface area contributed by atoms with Crippen LogP contribution >= 0.6 is 0 Å². The molecule has 1 aliphatic heterocycles. The summed E-state index contributed by atoms with van der Waals surface area (Å²) in [6.07, 6.45) is 6.05. The van der Waals surface area contributed by atoms with Crippen molar-refractivity contribution in [1.82, 2.24) is 14.9 Å². The molecule has 0 spiro atoms. The van der Waals surface area contributed by atoms with Crippen molar-refractivity contribution in [3.05, 3.63) is 48.3 Å². The molecule has 132 valence electrons. The fraction of sp³-hybridized carbons (Fsp3) is 0.450. The smallest absolute Gasteiger partial charge is 0.272 e. The number of likely N-dealkylation sites (tertiary alicyclic amines) is 1. The van der Waals surface area contributed by atoms with Crippen LogP contribution < -0.4 is 4.90 Å². The molecule has 0 aliphatic carbocycles. The van der Waals surface area contributed by atoms with E-state index in [0.29, 0.717) is 17.7 Å². The van der Waals surface area contributed by atoms with Gasteiger partial charge in [0.15, 0.2) is 0 Å². The number of benzene rings is 1.